The molecular weight excluding hydrogens is 529 g/mol. The minimum absolute atomic E-state index is 0.0424. The number of carbonyl (C=O) groups excluding carboxylic acids is 1. The minimum atomic E-state index is -4.86. The van der Waals surface area contributed by atoms with Crippen LogP contribution in [-0.2, 0) is 6.18 Å². The summed E-state index contributed by atoms with van der Waals surface area (Å²) < 4.78 is 47.2. The smallest absolute Gasteiger partial charge is 0.435 e. The van der Waals surface area contributed by atoms with Crippen LogP contribution in [-0.4, -0.2) is 41.7 Å². The van der Waals surface area contributed by atoms with Crippen molar-refractivity contribution in [1.29, 1.82) is 0 Å². The Labute approximate surface area is 223 Å². The highest BCUT2D eigenvalue weighted by Gasteiger charge is 2.39. The molecule has 13 heteroatoms. The van der Waals surface area contributed by atoms with E-state index in [1.807, 2.05) is 0 Å². The normalized spacial score (nSPS) is 11.2. The van der Waals surface area contributed by atoms with E-state index in [1.165, 1.54) is 48.9 Å². The number of rotatable bonds is 7. The van der Waals surface area contributed by atoms with Gasteiger partial charge in [0, 0.05) is 36.0 Å². The monoisotopic (exact) mass is 546 g/mol. The van der Waals surface area contributed by atoms with Crippen molar-refractivity contribution >= 4 is 17.6 Å². The molecule has 0 aliphatic heterocycles. The van der Waals surface area contributed by atoms with Gasteiger partial charge in [0.1, 0.15) is 11.3 Å². The van der Waals surface area contributed by atoms with Gasteiger partial charge in [0.2, 0.25) is 0 Å². The van der Waals surface area contributed by atoms with Crippen LogP contribution in [0.2, 0.25) is 0 Å². The fourth-order valence-electron chi connectivity index (χ4n) is 3.65. The highest BCUT2D eigenvalue weighted by molar-refractivity contribution is 6.05. The summed E-state index contributed by atoms with van der Waals surface area (Å²) in [6.07, 6.45) is 0.435. The van der Waals surface area contributed by atoms with Crippen molar-refractivity contribution in [3.8, 4) is 28.7 Å². The SMILES string of the molecule is O=C(O)c1ccccc1Oc1ncc(-c2ccc(NC(=O)c3cn(-c4ccccn4)nc3C(F)(F)F)cc2)cn1. The minimum Gasteiger partial charge on any atom is -0.478 e. The van der Waals surface area contributed by atoms with Crippen LogP contribution < -0.4 is 10.1 Å². The summed E-state index contributed by atoms with van der Waals surface area (Å²) in [4.78, 5) is 36.3. The molecule has 0 aliphatic carbocycles. The lowest BCUT2D eigenvalue weighted by atomic mass is 10.1. The average molecular weight is 546 g/mol. The number of amides is 1. The summed E-state index contributed by atoms with van der Waals surface area (Å²) >= 11 is 0. The Kier molecular flexibility index (Phi) is 6.93. The molecule has 0 saturated carbocycles. The third-order valence-corrected chi connectivity index (χ3v) is 5.53. The van der Waals surface area contributed by atoms with E-state index in [1.54, 1.807) is 36.4 Å². The molecule has 2 N–H and O–H groups in total. The number of pyridine rings is 1. The predicted octanol–water partition coefficient (Wildman–Crippen LogP) is 5.49. The van der Waals surface area contributed by atoms with E-state index in [9.17, 15) is 27.9 Å². The molecule has 0 bridgehead atoms. The maximum Gasteiger partial charge on any atom is 0.435 e. The zero-order valence-electron chi connectivity index (χ0n) is 20.2. The molecule has 2 aromatic carbocycles. The molecule has 1 amide bonds. The summed E-state index contributed by atoms with van der Waals surface area (Å²) in [6, 6.07) is 16.9. The molecule has 0 unspecified atom stereocenters. The number of nitrogens with one attached hydrogen (secondary N) is 1. The van der Waals surface area contributed by atoms with Crippen LogP contribution in [0, 0.1) is 0 Å². The van der Waals surface area contributed by atoms with E-state index >= 15 is 0 Å². The number of aromatic carboxylic acids is 1. The van der Waals surface area contributed by atoms with Gasteiger partial charge in [-0.3, -0.25) is 4.79 Å². The van der Waals surface area contributed by atoms with E-state index in [4.69, 9.17) is 4.74 Å². The fourth-order valence-corrected chi connectivity index (χ4v) is 3.65. The van der Waals surface area contributed by atoms with Crippen molar-refractivity contribution in [2.24, 2.45) is 0 Å². The number of hydrogen-bond acceptors (Lipinski definition) is 7. The summed E-state index contributed by atoms with van der Waals surface area (Å²) in [6.45, 7) is 0. The van der Waals surface area contributed by atoms with Crippen LogP contribution >= 0.6 is 0 Å². The maximum atomic E-state index is 13.6. The number of benzene rings is 2. The van der Waals surface area contributed by atoms with Gasteiger partial charge < -0.3 is 15.2 Å². The largest absolute Gasteiger partial charge is 0.478 e. The first kappa shape index (κ1) is 26.0. The fraction of sp³-hybridized carbons (Fsp3) is 0.0370. The number of carboxylic acid groups (broad SMARTS) is 1. The lowest BCUT2D eigenvalue weighted by Gasteiger charge is -2.09. The molecule has 0 radical (unpaired) electrons. The second-order valence-corrected chi connectivity index (χ2v) is 8.21. The number of nitrogens with zero attached hydrogens (tertiary/aromatic N) is 5. The predicted molar refractivity (Wildman–Crippen MR) is 135 cm³/mol. The molecule has 0 saturated heterocycles. The molecule has 10 nitrogen and oxygen atoms in total. The molecule has 5 aromatic rings. The average Bonchev–Trinajstić information content (AvgIpc) is 3.42. The van der Waals surface area contributed by atoms with Gasteiger partial charge in [-0.25, -0.2) is 24.4 Å². The van der Waals surface area contributed by atoms with Crippen LogP contribution in [0.5, 0.6) is 11.8 Å². The van der Waals surface area contributed by atoms with E-state index < -0.39 is 29.3 Å². The first-order valence-electron chi connectivity index (χ1n) is 11.5. The lowest BCUT2D eigenvalue weighted by Crippen LogP contribution is -2.17. The Bertz CT molecular complexity index is 1670. The van der Waals surface area contributed by atoms with Gasteiger partial charge >= 0.3 is 18.2 Å². The third kappa shape index (κ3) is 5.62. The van der Waals surface area contributed by atoms with Crippen LogP contribution in [0.4, 0.5) is 18.9 Å². The Hall–Kier alpha value is -5.59. The van der Waals surface area contributed by atoms with Crippen LogP contribution in [0.25, 0.3) is 16.9 Å². The van der Waals surface area contributed by atoms with Crippen molar-refractivity contribution in [2.45, 2.75) is 6.18 Å². The van der Waals surface area contributed by atoms with Gasteiger partial charge in [0.05, 0.1) is 5.56 Å². The summed E-state index contributed by atoms with van der Waals surface area (Å²) in [5, 5.41) is 15.3. The summed E-state index contributed by atoms with van der Waals surface area (Å²) in [5.74, 6) is -1.94. The van der Waals surface area contributed by atoms with E-state index in [2.05, 4.69) is 25.4 Å². The molecule has 0 fully saturated rings. The molecule has 0 spiro atoms. The first-order chi connectivity index (χ1) is 19.2. The van der Waals surface area contributed by atoms with E-state index in [0.717, 1.165) is 10.9 Å². The van der Waals surface area contributed by atoms with Gasteiger partial charge in [-0.15, -0.1) is 0 Å². The number of carboxylic acids is 1. The number of hydrogen-bond donors (Lipinski definition) is 2. The molecule has 5 rings (SSSR count). The molecule has 0 atom stereocenters. The highest BCUT2D eigenvalue weighted by atomic mass is 19.4. The highest BCUT2D eigenvalue weighted by Crippen LogP contribution is 2.32. The van der Waals surface area contributed by atoms with Crippen molar-refractivity contribution in [3.05, 3.63) is 108 Å². The summed E-state index contributed by atoms with van der Waals surface area (Å²) in [7, 11) is 0. The van der Waals surface area contributed by atoms with Crippen molar-refractivity contribution < 1.29 is 32.6 Å². The Morgan fingerprint density at radius 1 is 0.850 bits per heavy atom. The first-order valence-corrected chi connectivity index (χ1v) is 11.5. The number of aromatic nitrogens is 5. The van der Waals surface area contributed by atoms with Crippen LogP contribution in [0.3, 0.4) is 0 Å². The number of para-hydroxylation sites is 1. The van der Waals surface area contributed by atoms with Crippen molar-refractivity contribution in [2.75, 3.05) is 5.32 Å². The number of ether oxygens (including phenoxy) is 1. The van der Waals surface area contributed by atoms with Gasteiger partial charge in [-0.1, -0.05) is 30.3 Å². The topological polar surface area (TPSA) is 132 Å². The standard InChI is InChI=1S/C27H17F3N6O4/c28-27(29,30)23-20(15-36(35-23)22-7-3-4-12-31-22)24(37)34-18-10-8-16(9-11-18)17-13-32-26(33-14-17)40-21-6-2-1-5-19(21)25(38)39/h1-15H,(H,34,37)(H,38,39). The molecular formula is C27H17F3N6O4. The number of alkyl halides is 3. The van der Waals surface area contributed by atoms with Crippen LogP contribution in [0.1, 0.15) is 26.4 Å². The Morgan fingerprint density at radius 2 is 1.55 bits per heavy atom. The molecule has 3 heterocycles. The van der Waals surface area contributed by atoms with Crippen molar-refractivity contribution in [3.63, 3.8) is 0 Å². The molecule has 40 heavy (non-hydrogen) atoms. The van der Waals surface area contributed by atoms with Crippen molar-refractivity contribution in [1.82, 2.24) is 24.7 Å². The third-order valence-electron chi connectivity index (χ3n) is 5.53. The van der Waals surface area contributed by atoms with E-state index in [0.29, 0.717) is 11.1 Å². The molecule has 200 valence electrons. The summed E-state index contributed by atoms with van der Waals surface area (Å²) in [5.41, 5.74) is -0.562. The second-order valence-electron chi connectivity index (χ2n) is 8.21. The quantitative estimate of drug-likeness (QED) is 0.274. The molecule has 0 aliphatic rings. The van der Waals surface area contributed by atoms with Gasteiger partial charge in [0.25, 0.3) is 5.91 Å². The van der Waals surface area contributed by atoms with Gasteiger partial charge in [-0.05, 0) is 42.0 Å². The molecule has 3 aromatic heterocycles. The van der Waals surface area contributed by atoms with Gasteiger partial charge in [-0.2, -0.15) is 18.3 Å². The second kappa shape index (κ2) is 10.6. The van der Waals surface area contributed by atoms with E-state index in [-0.39, 0.29) is 28.8 Å². The lowest BCUT2D eigenvalue weighted by molar-refractivity contribution is -0.141. The zero-order chi connectivity index (χ0) is 28.3. The Morgan fingerprint density at radius 3 is 2.20 bits per heavy atom. The van der Waals surface area contributed by atoms with Crippen LogP contribution in [0.15, 0.2) is 91.5 Å². The van der Waals surface area contributed by atoms with Gasteiger partial charge in [0.15, 0.2) is 11.5 Å². The zero-order valence-corrected chi connectivity index (χ0v) is 20.2. The number of anilines is 1. The Balaban J connectivity index is 1.30. The number of halogens is 3. The number of carbonyl (C=O) groups is 2. The maximum absolute atomic E-state index is 13.6.